The summed E-state index contributed by atoms with van der Waals surface area (Å²) in [4.78, 5) is 3.91. The van der Waals surface area contributed by atoms with Crippen molar-refractivity contribution in [3.63, 3.8) is 0 Å². The molecule has 0 aliphatic carbocycles. The van der Waals surface area contributed by atoms with Crippen LogP contribution in [-0.2, 0) is 6.54 Å². The van der Waals surface area contributed by atoms with Crippen LogP contribution in [0.2, 0.25) is 0 Å². The number of halogens is 1. The molecule has 0 aliphatic rings. The van der Waals surface area contributed by atoms with Crippen LogP contribution in [0.3, 0.4) is 0 Å². The van der Waals surface area contributed by atoms with E-state index < -0.39 is 5.01 Å². The van der Waals surface area contributed by atoms with E-state index in [0.29, 0.717) is 16.8 Å². The minimum Gasteiger partial charge on any atom is -0.506 e. The molecule has 0 saturated carbocycles. The molecule has 5 heteroatoms. The number of hydrogen-bond acceptors (Lipinski definition) is 4. The number of pyridine rings is 1. The van der Waals surface area contributed by atoms with Crippen LogP contribution < -0.4 is 5.73 Å². The van der Waals surface area contributed by atoms with Gasteiger partial charge in [-0.2, -0.15) is 0 Å². The number of aliphatic hydroxyl groups is 1. The van der Waals surface area contributed by atoms with Crippen molar-refractivity contribution in [1.29, 1.82) is 0 Å². The Hall–Kier alpha value is -0.650. The first-order valence-electron chi connectivity index (χ1n) is 3.77. The maximum atomic E-state index is 9.55. The molecule has 4 N–H and O–H groups in total. The Morgan fingerprint density at radius 1 is 1.69 bits per heavy atom. The number of aryl methyl sites for hydroxylation is 1. The quantitative estimate of drug-likeness (QED) is 0.679. The van der Waals surface area contributed by atoms with Crippen LogP contribution in [0, 0.1) is 6.92 Å². The van der Waals surface area contributed by atoms with Gasteiger partial charge in [0.25, 0.3) is 0 Å². The van der Waals surface area contributed by atoms with Gasteiger partial charge in [-0.05, 0) is 6.92 Å². The van der Waals surface area contributed by atoms with Gasteiger partial charge in [-0.3, -0.25) is 4.98 Å². The fourth-order valence-corrected chi connectivity index (χ4v) is 1.47. The van der Waals surface area contributed by atoms with Gasteiger partial charge in [0.15, 0.2) is 0 Å². The Kier molecular flexibility index (Phi) is 3.24. The molecular formula is C8H11BrN2O2. The second-order valence-electron chi connectivity index (χ2n) is 2.67. The van der Waals surface area contributed by atoms with Gasteiger partial charge in [0.05, 0.1) is 5.69 Å². The molecule has 1 rings (SSSR count). The molecule has 0 aromatic carbocycles. The number of aliphatic hydroxyl groups excluding tert-OH is 1. The Morgan fingerprint density at radius 2 is 2.31 bits per heavy atom. The molecule has 1 unspecified atom stereocenters. The van der Waals surface area contributed by atoms with Gasteiger partial charge < -0.3 is 15.9 Å². The van der Waals surface area contributed by atoms with Crippen molar-refractivity contribution in [3.05, 3.63) is 23.0 Å². The summed E-state index contributed by atoms with van der Waals surface area (Å²) in [6, 6.07) is 0. The maximum absolute atomic E-state index is 9.55. The van der Waals surface area contributed by atoms with Crippen molar-refractivity contribution >= 4 is 15.9 Å². The van der Waals surface area contributed by atoms with Gasteiger partial charge in [-0.15, -0.1) is 0 Å². The molecule has 1 atom stereocenters. The predicted octanol–water partition coefficient (Wildman–Crippen LogP) is 0.940. The van der Waals surface area contributed by atoms with Gasteiger partial charge in [0.1, 0.15) is 10.8 Å². The minimum absolute atomic E-state index is 0.0542. The van der Waals surface area contributed by atoms with Crippen molar-refractivity contribution in [2.75, 3.05) is 0 Å². The molecule has 0 saturated heterocycles. The minimum atomic E-state index is -0.843. The van der Waals surface area contributed by atoms with E-state index in [4.69, 9.17) is 5.73 Å². The zero-order valence-corrected chi connectivity index (χ0v) is 8.74. The highest BCUT2D eigenvalue weighted by Gasteiger charge is 2.14. The van der Waals surface area contributed by atoms with Gasteiger partial charge in [-0.25, -0.2) is 0 Å². The molecule has 1 aromatic heterocycles. The average Bonchev–Trinajstić information content (AvgIpc) is 2.09. The van der Waals surface area contributed by atoms with E-state index in [0.717, 1.165) is 0 Å². The highest BCUT2D eigenvalue weighted by molar-refractivity contribution is 9.09. The van der Waals surface area contributed by atoms with Crippen molar-refractivity contribution < 1.29 is 10.2 Å². The first-order chi connectivity index (χ1) is 6.07. The van der Waals surface area contributed by atoms with E-state index in [9.17, 15) is 10.2 Å². The first kappa shape index (κ1) is 10.4. The predicted molar refractivity (Wildman–Crippen MR) is 52.4 cm³/mol. The largest absolute Gasteiger partial charge is 0.506 e. The zero-order chi connectivity index (χ0) is 10.0. The first-order valence-corrected chi connectivity index (χ1v) is 4.69. The number of alkyl halides is 1. The van der Waals surface area contributed by atoms with Gasteiger partial charge in [0, 0.05) is 23.9 Å². The summed E-state index contributed by atoms with van der Waals surface area (Å²) in [5, 5.41) is 18.0. The Balaban J connectivity index is 3.30. The Bertz CT molecular complexity index is 315. The number of nitrogens with zero attached hydrogens (tertiary/aromatic N) is 1. The highest BCUT2D eigenvalue weighted by Crippen LogP contribution is 2.29. The van der Waals surface area contributed by atoms with E-state index in [1.165, 1.54) is 6.20 Å². The average molecular weight is 247 g/mol. The van der Waals surface area contributed by atoms with E-state index in [2.05, 4.69) is 20.9 Å². The van der Waals surface area contributed by atoms with Crippen LogP contribution in [0.5, 0.6) is 5.75 Å². The summed E-state index contributed by atoms with van der Waals surface area (Å²) in [6.07, 6.45) is 1.50. The van der Waals surface area contributed by atoms with Gasteiger partial charge in [-0.1, -0.05) is 15.9 Å². The SMILES string of the molecule is Cc1ncc(C(O)Br)c(CN)c1O. The van der Waals surface area contributed by atoms with Crippen LogP contribution in [-0.4, -0.2) is 15.2 Å². The molecule has 0 amide bonds. The smallest absolute Gasteiger partial charge is 0.141 e. The van der Waals surface area contributed by atoms with E-state index in [1.807, 2.05) is 0 Å². The normalized spacial score (nSPS) is 12.9. The second kappa shape index (κ2) is 4.04. The zero-order valence-electron chi connectivity index (χ0n) is 7.16. The van der Waals surface area contributed by atoms with Crippen molar-refractivity contribution in [3.8, 4) is 5.75 Å². The van der Waals surface area contributed by atoms with Gasteiger partial charge >= 0.3 is 0 Å². The molecule has 4 nitrogen and oxygen atoms in total. The van der Waals surface area contributed by atoms with Crippen LogP contribution in [0.1, 0.15) is 21.8 Å². The maximum Gasteiger partial charge on any atom is 0.141 e. The van der Waals surface area contributed by atoms with Crippen LogP contribution in [0.25, 0.3) is 0 Å². The van der Waals surface area contributed by atoms with E-state index in [1.54, 1.807) is 6.92 Å². The lowest BCUT2D eigenvalue weighted by atomic mass is 10.1. The topological polar surface area (TPSA) is 79.4 Å². The Morgan fingerprint density at radius 3 is 2.77 bits per heavy atom. The summed E-state index contributed by atoms with van der Waals surface area (Å²) in [7, 11) is 0. The molecule has 0 spiro atoms. The highest BCUT2D eigenvalue weighted by atomic mass is 79.9. The molecule has 0 bridgehead atoms. The fraction of sp³-hybridized carbons (Fsp3) is 0.375. The third-order valence-corrected chi connectivity index (χ3v) is 2.33. The molecule has 72 valence electrons. The summed E-state index contributed by atoms with van der Waals surface area (Å²) in [5.41, 5.74) is 6.98. The van der Waals surface area contributed by atoms with Crippen molar-refractivity contribution in [1.82, 2.24) is 4.98 Å². The monoisotopic (exact) mass is 246 g/mol. The van der Waals surface area contributed by atoms with Crippen LogP contribution in [0.4, 0.5) is 0 Å². The molecular weight excluding hydrogens is 236 g/mol. The lowest BCUT2D eigenvalue weighted by Gasteiger charge is -2.11. The van der Waals surface area contributed by atoms with E-state index in [-0.39, 0.29) is 12.3 Å². The fourth-order valence-electron chi connectivity index (χ4n) is 1.08. The molecule has 1 aromatic rings. The molecule has 0 fully saturated rings. The third-order valence-electron chi connectivity index (χ3n) is 1.84. The number of hydrogen-bond donors (Lipinski definition) is 3. The Labute approximate surface area is 84.5 Å². The summed E-state index contributed by atoms with van der Waals surface area (Å²) in [5.74, 6) is 0.0542. The van der Waals surface area contributed by atoms with Crippen LogP contribution >= 0.6 is 15.9 Å². The lowest BCUT2D eigenvalue weighted by Crippen LogP contribution is -2.05. The summed E-state index contributed by atoms with van der Waals surface area (Å²) >= 11 is 2.98. The number of aromatic hydroxyl groups is 1. The standard InChI is InChI=1S/C8H11BrN2O2/c1-4-7(12)5(2-10)6(3-11-4)8(9)13/h3,8,12-13H,2,10H2,1H3. The van der Waals surface area contributed by atoms with Crippen molar-refractivity contribution in [2.45, 2.75) is 18.5 Å². The summed E-state index contributed by atoms with van der Waals surface area (Å²) in [6.45, 7) is 1.85. The van der Waals surface area contributed by atoms with Crippen LogP contribution in [0.15, 0.2) is 6.20 Å². The molecule has 1 heterocycles. The molecule has 0 radical (unpaired) electrons. The lowest BCUT2D eigenvalue weighted by molar-refractivity contribution is 0.274. The molecule has 13 heavy (non-hydrogen) atoms. The van der Waals surface area contributed by atoms with Gasteiger partial charge in [0.2, 0.25) is 0 Å². The number of rotatable bonds is 2. The van der Waals surface area contributed by atoms with E-state index >= 15 is 0 Å². The summed E-state index contributed by atoms with van der Waals surface area (Å²) < 4.78 is 0. The van der Waals surface area contributed by atoms with Crippen molar-refractivity contribution in [2.24, 2.45) is 5.73 Å². The number of nitrogens with two attached hydrogens (primary N) is 1. The third kappa shape index (κ3) is 1.99. The number of aromatic nitrogens is 1. The molecule has 0 aliphatic heterocycles. The second-order valence-corrected chi connectivity index (χ2v) is 3.53.